The lowest BCUT2D eigenvalue weighted by atomic mass is 9.99. The minimum Gasteiger partial charge on any atom is -0.115 e. The minimum atomic E-state index is 0.906. The zero-order chi connectivity index (χ0) is 16.4. The summed E-state index contributed by atoms with van der Waals surface area (Å²) in [6.07, 6.45) is 9.70. The minimum absolute atomic E-state index is 0.906. The van der Waals surface area contributed by atoms with Crippen molar-refractivity contribution in [2.75, 3.05) is 0 Å². The van der Waals surface area contributed by atoms with Crippen LogP contribution in [0.3, 0.4) is 0 Å². The summed E-state index contributed by atoms with van der Waals surface area (Å²) in [7, 11) is 0. The highest BCUT2D eigenvalue weighted by Crippen LogP contribution is 2.26. The molecular formula is C24H16. The van der Waals surface area contributed by atoms with Crippen molar-refractivity contribution in [3.05, 3.63) is 95.6 Å². The molecule has 0 saturated carbocycles. The van der Waals surface area contributed by atoms with Gasteiger partial charge in [0.2, 0.25) is 0 Å². The zero-order valence-corrected chi connectivity index (χ0v) is 13.2. The molecule has 0 heterocycles. The van der Waals surface area contributed by atoms with Crippen LogP contribution in [-0.2, 0) is 0 Å². The fourth-order valence-electron chi connectivity index (χ4n) is 3.01. The van der Waals surface area contributed by atoms with Crippen LogP contribution in [0, 0.1) is 12.3 Å². The van der Waals surface area contributed by atoms with Crippen molar-refractivity contribution in [1.82, 2.24) is 0 Å². The first kappa shape index (κ1) is 14.3. The molecule has 4 aromatic carbocycles. The summed E-state index contributed by atoms with van der Waals surface area (Å²) in [5.74, 6) is 2.65. The van der Waals surface area contributed by atoms with Gasteiger partial charge in [0.05, 0.1) is 0 Å². The first-order valence-corrected chi connectivity index (χ1v) is 8.00. The Labute approximate surface area is 142 Å². The Balaban J connectivity index is 1.79. The summed E-state index contributed by atoms with van der Waals surface area (Å²) in [5, 5.41) is 5.08. The van der Waals surface area contributed by atoms with Crippen molar-refractivity contribution in [2.24, 2.45) is 0 Å². The van der Waals surface area contributed by atoms with Gasteiger partial charge in [-0.25, -0.2) is 0 Å². The van der Waals surface area contributed by atoms with Gasteiger partial charge in [0.15, 0.2) is 0 Å². The third-order valence-corrected chi connectivity index (χ3v) is 4.31. The van der Waals surface area contributed by atoms with Gasteiger partial charge >= 0.3 is 0 Å². The Morgan fingerprint density at radius 3 is 2.12 bits per heavy atom. The van der Waals surface area contributed by atoms with Crippen molar-refractivity contribution in [1.29, 1.82) is 0 Å². The Morgan fingerprint density at radius 1 is 0.667 bits per heavy atom. The van der Waals surface area contributed by atoms with E-state index in [0.717, 1.165) is 11.1 Å². The maximum Gasteiger partial charge on any atom is 0.0243 e. The van der Waals surface area contributed by atoms with Crippen LogP contribution in [0.2, 0.25) is 0 Å². The van der Waals surface area contributed by atoms with Gasteiger partial charge in [-0.05, 0) is 56.9 Å². The van der Waals surface area contributed by atoms with Gasteiger partial charge in [-0.15, -0.1) is 6.42 Å². The van der Waals surface area contributed by atoms with Gasteiger partial charge in [0.1, 0.15) is 0 Å². The van der Waals surface area contributed by atoms with Crippen LogP contribution in [0.4, 0.5) is 0 Å². The van der Waals surface area contributed by atoms with Crippen LogP contribution >= 0.6 is 0 Å². The molecule has 0 heteroatoms. The molecule has 24 heavy (non-hydrogen) atoms. The number of hydrogen-bond acceptors (Lipinski definition) is 0. The van der Waals surface area contributed by atoms with Gasteiger partial charge in [0.25, 0.3) is 0 Å². The third kappa shape index (κ3) is 2.69. The van der Waals surface area contributed by atoms with Crippen molar-refractivity contribution in [3.63, 3.8) is 0 Å². The molecular weight excluding hydrogens is 288 g/mol. The maximum atomic E-state index is 5.40. The van der Waals surface area contributed by atoms with E-state index in [2.05, 4.69) is 72.7 Å². The molecule has 0 spiro atoms. The molecule has 112 valence electrons. The molecule has 0 bridgehead atoms. The molecule has 0 aromatic heterocycles. The molecule has 0 unspecified atom stereocenters. The van der Waals surface area contributed by atoms with Crippen molar-refractivity contribution in [3.8, 4) is 12.3 Å². The van der Waals surface area contributed by atoms with E-state index in [9.17, 15) is 0 Å². The van der Waals surface area contributed by atoms with Crippen LogP contribution in [0.5, 0.6) is 0 Å². The second kappa shape index (κ2) is 6.07. The molecule has 0 N–H and O–H groups in total. The van der Waals surface area contributed by atoms with Crippen LogP contribution in [0.1, 0.15) is 16.7 Å². The van der Waals surface area contributed by atoms with E-state index in [1.54, 1.807) is 0 Å². The number of fused-ring (bicyclic) bond motifs is 2. The number of rotatable bonds is 2. The van der Waals surface area contributed by atoms with Gasteiger partial charge < -0.3 is 0 Å². The molecule has 0 fully saturated rings. The summed E-state index contributed by atoms with van der Waals surface area (Å²) >= 11 is 0. The standard InChI is InChI=1S/C24H16/c1-2-18-10-12-19(13-11-18)14-15-20-8-5-9-23-16-21-6-3-4-7-22(21)17-24(20)23/h1,3-17H. The lowest BCUT2D eigenvalue weighted by Crippen LogP contribution is -1.81. The summed E-state index contributed by atoms with van der Waals surface area (Å²) in [6.45, 7) is 0. The number of terminal acetylenes is 1. The van der Waals surface area contributed by atoms with E-state index >= 15 is 0 Å². The second-order valence-electron chi connectivity index (χ2n) is 5.87. The average Bonchev–Trinajstić information content (AvgIpc) is 2.65. The average molecular weight is 304 g/mol. The maximum absolute atomic E-state index is 5.40. The fraction of sp³-hybridized carbons (Fsp3) is 0. The molecule has 4 aromatic rings. The smallest absolute Gasteiger partial charge is 0.0243 e. The van der Waals surface area contributed by atoms with E-state index in [4.69, 9.17) is 6.42 Å². The molecule has 0 amide bonds. The first-order chi connectivity index (χ1) is 11.8. The third-order valence-electron chi connectivity index (χ3n) is 4.31. The topological polar surface area (TPSA) is 0 Å². The molecule has 0 aliphatic carbocycles. The Bertz CT molecular complexity index is 1090. The van der Waals surface area contributed by atoms with Gasteiger partial charge in [-0.3, -0.25) is 0 Å². The lowest BCUT2D eigenvalue weighted by Gasteiger charge is -2.05. The molecule has 4 rings (SSSR count). The summed E-state index contributed by atoms with van der Waals surface area (Å²) < 4.78 is 0. The highest BCUT2D eigenvalue weighted by molar-refractivity contribution is 6.02. The summed E-state index contributed by atoms with van der Waals surface area (Å²) in [5.41, 5.74) is 3.27. The highest BCUT2D eigenvalue weighted by Gasteiger charge is 2.01. The quantitative estimate of drug-likeness (QED) is 0.237. The Kier molecular flexibility index (Phi) is 3.61. The molecule has 0 saturated heterocycles. The second-order valence-corrected chi connectivity index (χ2v) is 5.87. The van der Waals surface area contributed by atoms with Crippen LogP contribution in [0.25, 0.3) is 33.7 Å². The predicted octanol–water partition coefficient (Wildman–Crippen LogP) is 6.14. The van der Waals surface area contributed by atoms with Crippen molar-refractivity contribution < 1.29 is 0 Å². The summed E-state index contributed by atoms with van der Waals surface area (Å²) in [6, 6.07) is 27.5. The van der Waals surface area contributed by atoms with Crippen LogP contribution in [0.15, 0.2) is 78.9 Å². The van der Waals surface area contributed by atoms with Crippen molar-refractivity contribution >= 4 is 33.7 Å². The zero-order valence-electron chi connectivity index (χ0n) is 13.2. The fourth-order valence-corrected chi connectivity index (χ4v) is 3.01. The Hall–Kier alpha value is -3.30. The van der Waals surface area contributed by atoms with E-state index < -0.39 is 0 Å². The van der Waals surface area contributed by atoms with Crippen LogP contribution in [-0.4, -0.2) is 0 Å². The van der Waals surface area contributed by atoms with E-state index in [-0.39, 0.29) is 0 Å². The largest absolute Gasteiger partial charge is 0.115 e. The number of benzene rings is 4. The molecule has 0 aliphatic rings. The van der Waals surface area contributed by atoms with Gasteiger partial charge in [-0.2, -0.15) is 0 Å². The first-order valence-electron chi connectivity index (χ1n) is 8.00. The predicted molar refractivity (Wildman–Crippen MR) is 105 cm³/mol. The number of hydrogen-bond donors (Lipinski definition) is 0. The van der Waals surface area contributed by atoms with Crippen molar-refractivity contribution in [2.45, 2.75) is 0 Å². The van der Waals surface area contributed by atoms with Gasteiger partial charge in [0, 0.05) is 5.56 Å². The molecule has 0 radical (unpaired) electrons. The van der Waals surface area contributed by atoms with E-state index in [0.29, 0.717) is 0 Å². The monoisotopic (exact) mass is 304 g/mol. The Morgan fingerprint density at radius 2 is 1.38 bits per heavy atom. The normalized spacial score (nSPS) is 11.1. The van der Waals surface area contributed by atoms with Gasteiger partial charge in [-0.1, -0.05) is 72.7 Å². The summed E-state index contributed by atoms with van der Waals surface area (Å²) in [4.78, 5) is 0. The lowest BCUT2D eigenvalue weighted by molar-refractivity contribution is 1.61. The molecule has 0 aliphatic heterocycles. The molecule has 0 atom stereocenters. The SMILES string of the molecule is C#Cc1ccc(C=Cc2cccc3cc4ccccc4cc23)cc1. The van der Waals surface area contributed by atoms with E-state index in [1.807, 2.05) is 24.3 Å². The van der Waals surface area contributed by atoms with E-state index in [1.165, 1.54) is 27.1 Å². The molecule has 0 nitrogen and oxygen atoms in total. The highest BCUT2D eigenvalue weighted by atomic mass is 14.0. The van der Waals surface area contributed by atoms with Crippen LogP contribution < -0.4 is 0 Å².